The van der Waals surface area contributed by atoms with Gasteiger partial charge in [0.15, 0.2) is 0 Å². The van der Waals surface area contributed by atoms with Gasteiger partial charge in [-0.15, -0.1) is 0 Å². The minimum Gasteiger partial charge on any atom is -0.496 e. The molecule has 1 amide bonds. The predicted octanol–water partition coefficient (Wildman–Crippen LogP) is 4.33. The molecule has 0 aromatic heterocycles. The van der Waals surface area contributed by atoms with Gasteiger partial charge >= 0.3 is 0 Å². The minimum atomic E-state index is -0.107. The van der Waals surface area contributed by atoms with Crippen molar-refractivity contribution in [1.29, 1.82) is 0 Å². The van der Waals surface area contributed by atoms with Crippen LogP contribution in [-0.4, -0.2) is 32.8 Å². The van der Waals surface area contributed by atoms with Gasteiger partial charge in [0.25, 0.3) is 5.91 Å². The molecule has 0 atom stereocenters. The Morgan fingerprint density at radius 3 is 2.32 bits per heavy atom. The van der Waals surface area contributed by atoms with Crippen LogP contribution in [0.3, 0.4) is 0 Å². The fourth-order valence-corrected chi connectivity index (χ4v) is 4.03. The van der Waals surface area contributed by atoms with Crippen LogP contribution in [0, 0.1) is 0 Å². The van der Waals surface area contributed by atoms with Crippen molar-refractivity contribution in [3.8, 4) is 5.75 Å². The summed E-state index contributed by atoms with van der Waals surface area (Å²) in [5, 5.41) is 5.25. The molecule has 0 saturated carbocycles. The molecule has 3 aromatic carbocycles. The summed E-state index contributed by atoms with van der Waals surface area (Å²) in [5.41, 5.74) is 1.72. The van der Waals surface area contributed by atoms with Gasteiger partial charge < -0.3 is 14.8 Å². The number of benzene rings is 3. The van der Waals surface area contributed by atoms with Gasteiger partial charge in [0.1, 0.15) is 5.75 Å². The Labute approximate surface area is 165 Å². The average Bonchev–Trinajstić information content (AvgIpc) is 2.77. The Bertz CT molecular complexity index is 962. The lowest BCUT2D eigenvalue weighted by Crippen LogP contribution is -2.44. The molecule has 0 radical (unpaired) electrons. The summed E-state index contributed by atoms with van der Waals surface area (Å²) in [5.74, 6) is 0.487. The van der Waals surface area contributed by atoms with Crippen LogP contribution in [0.2, 0.25) is 0 Å². The maximum Gasteiger partial charge on any atom is 0.255 e. The van der Waals surface area contributed by atoms with Crippen LogP contribution in [0.1, 0.15) is 28.8 Å². The van der Waals surface area contributed by atoms with E-state index >= 15 is 0 Å². The highest BCUT2D eigenvalue weighted by Gasteiger charge is 2.35. The van der Waals surface area contributed by atoms with Crippen LogP contribution >= 0.6 is 0 Å². The highest BCUT2D eigenvalue weighted by molar-refractivity contribution is 6.01. The molecule has 144 valence electrons. The molecule has 1 aliphatic rings. The maximum absolute atomic E-state index is 13.1. The molecule has 1 N–H and O–H groups in total. The third-order valence-electron chi connectivity index (χ3n) is 5.74. The lowest BCUT2D eigenvalue weighted by atomic mass is 9.74. The van der Waals surface area contributed by atoms with Gasteiger partial charge in [0.2, 0.25) is 0 Å². The van der Waals surface area contributed by atoms with E-state index < -0.39 is 0 Å². The molecular formula is C24H25NO3. The second kappa shape index (κ2) is 8.03. The van der Waals surface area contributed by atoms with E-state index in [0.29, 0.717) is 31.1 Å². The molecule has 4 nitrogen and oxygen atoms in total. The van der Waals surface area contributed by atoms with Crippen LogP contribution in [0.4, 0.5) is 0 Å². The first-order chi connectivity index (χ1) is 13.7. The van der Waals surface area contributed by atoms with E-state index in [1.807, 2.05) is 42.5 Å². The zero-order valence-electron chi connectivity index (χ0n) is 16.1. The second-order valence-corrected chi connectivity index (χ2v) is 7.34. The van der Waals surface area contributed by atoms with Crippen molar-refractivity contribution in [2.45, 2.75) is 18.3 Å². The molecule has 1 heterocycles. The molecule has 1 fully saturated rings. The average molecular weight is 375 g/mol. The first kappa shape index (κ1) is 18.5. The van der Waals surface area contributed by atoms with Crippen molar-refractivity contribution < 1.29 is 14.3 Å². The van der Waals surface area contributed by atoms with Crippen molar-refractivity contribution in [3.05, 3.63) is 77.9 Å². The zero-order chi connectivity index (χ0) is 19.4. The van der Waals surface area contributed by atoms with Gasteiger partial charge in [-0.25, -0.2) is 0 Å². The summed E-state index contributed by atoms with van der Waals surface area (Å²) < 4.78 is 11.1. The van der Waals surface area contributed by atoms with Crippen molar-refractivity contribution in [1.82, 2.24) is 5.32 Å². The highest BCUT2D eigenvalue weighted by Crippen LogP contribution is 2.34. The van der Waals surface area contributed by atoms with E-state index in [2.05, 4.69) is 29.6 Å². The smallest absolute Gasteiger partial charge is 0.255 e. The van der Waals surface area contributed by atoms with Crippen LogP contribution < -0.4 is 10.1 Å². The van der Waals surface area contributed by atoms with E-state index in [1.165, 1.54) is 5.56 Å². The molecule has 1 saturated heterocycles. The van der Waals surface area contributed by atoms with Gasteiger partial charge in [0.05, 0.1) is 12.7 Å². The monoisotopic (exact) mass is 375 g/mol. The Morgan fingerprint density at radius 2 is 1.64 bits per heavy atom. The summed E-state index contributed by atoms with van der Waals surface area (Å²) in [6.07, 6.45) is 1.79. The van der Waals surface area contributed by atoms with Gasteiger partial charge in [-0.05, 0) is 41.3 Å². The van der Waals surface area contributed by atoms with Gasteiger partial charge in [-0.1, -0.05) is 54.6 Å². The third-order valence-corrected chi connectivity index (χ3v) is 5.74. The Morgan fingerprint density at radius 1 is 1.00 bits per heavy atom. The van der Waals surface area contributed by atoms with Crippen LogP contribution in [0.15, 0.2) is 66.7 Å². The number of fused-ring (bicyclic) bond motifs is 1. The predicted molar refractivity (Wildman–Crippen MR) is 111 cm³/mol. The number of nitrogens with one attached hydrogen (secondary N) is 1. The van der Waals surface area contributed by atoms with Gasteiger partial charge in [-0.3, -0.25) is 4.79 Å². The summed E-state index contributed by atoms with van der Waals surface area (Å²) in [7, 11) is 1.60. The summed E-state index contributed by atoms with van der Waals surface area (Å²) in [6.45, 7) is 2.00. The van der Waals surface area contributed by atoms with Gasteiger partial charge in [-0.2, -0.15) is 0 Å². The molecule has 0 aliphatic carbocycles. The second-order valence-electron chi connectivity index (χ2n) is 7.34. The maximum atomic E-state index is 13.1. The normalized spacial score (nSPS) is 15.9. The summed E-state index contributed by atoms with van der Waals surface area (Å²) in [4.78, 5) is 13.1. The summed E-state index contributed by atoms with van der Waals surface area (Å²) in [6, 6.07) is 22.2. The van der Waals surface area contributed by atoms with Crippen LogP contribution in [0.5, 0.6) is 5.75 Å². The molecule has 0 spiro atoms. The molecule has 28 heavy (non-hydrogen) atoms. The Balaban J connectivity index is 1.60. The van der Waals surface area contributed by atoms with Crippen molar-refractivity contribution in [2.75, 3.05) is 26.9 Å². The number of carbonyl (C=O) groups excluding carboxylic acids is 1. The van der Waals surface area contributed by atoms with E-state index in [0.717, 1.165) is 23.6 Å². The topological polar surface area (TPSA) is 47.6 Å². The number of carbonyl (C=O) groups is 1. The van der Waals surface area contributed by atoms with Crippen LogP contribution in [0.25, 0.3) is 10.8 Å². The first-order valence-corrected chi connectivity index (χ1v) is 9.70. The zero-order valence-corrected chi connectivity index (χ0v) is 16.1. The lowest BCUT2D eigenvalue weighted by molar-refractivity contribution is 0.0487. The molecule has 4 heteroatoms. The van der Waals surface area contributed by atoms with Crippen molar-refractivity contribution >= 4 is 16.7 Å². The van der Waals surface area contributed by atoms with Crippen molar-refractivity contribution in [2.24, 2.45) is 0 Å². The van der Waals surface area contributed by atoms with Crippen LogP contribution in [-0.2, 0) is 10.2 Å². The van der Waals surface area contributed by atoms with E-state index in [-0.39, 0.29) is 11.3 Å². The number of hydrogen-bond donors (Lipinski definition) is 1. The van der Waals surface area contributed by atoms with E-state index in [4.69, 9.17) is 9.47 Å². The molecule has 0 bridgehead atoms. The Kier molecular flexibility index (Phi) is 5.31. The number of methoxy groups -OCH3 is 1. The fourth-order valence-electron chi connectivity index (χ4n) is 4.03. The summed E-state index contributed by atoms with van der Waals surface area (Å²) >= 11 is 0. The number of rotatable bonds is 5. The first-order valence-electron chi connectivity index (χ1n) is 9.70. The third kappa shape index (κ3) is 3.60. The SMILES string of the molecule is COc1cc2ccccc2cc1C(=O)NCC1(c2ccccc2)CCOCC1. The van der Waals surface area contributed by atoms with Gasteiger partial charge in [0, 0.05) is 25.2 Å². The quantitative estimate of drug-likeness (QED) is 0.722. The molecular weight excluding hydrogens is 350 g/mol. The van der Waals surface area contributed by atoms with E-state index in [9.17, 15) is 4.79 Å². The number of hydrogen-bond acceptors (Lipinski definition) is 3. The molecule has 1 aliphatic heterocycles. The minimum absolute atomic E-state index is 0.0980. The van der Waals surface area contributed by atoms with Crippen molar-refractivity contribution in [3.63, 3.8) is 0 Å². The molecule has 3 aromatic rings. The number of ether oxygens (including phenoxy) is 2. The Hall–Kier alpha value is -2.85. The molecule has 0 unspecified atom stereocenters. The highest BCUT2D eigenvalue weighted by atomic mass is 16.5. The largest absolute Gasteiger partial charge is 0.496 e. The standard InChI is InChI=1S/C24H25NO3/c1-27-22-16-19-8-6-5-7-18(19)15-21(22)23(26)25-17-24(11-13-28-14-12-24)20-9-3-2-4-10-20/h2-10,15-16H,11-14,17H2,1H3,(H,25,26). The lowest BCUT2D eigenvalue weighted by Gasteiger charge is -2.38. The molecule has 4 rings (SSSR count). The fraction of sp³-hybridized carbons (Fsp3) is 0.292. The van der Waals surface area contributed by atoms with E-state index in [1.54, 1.807) is 7.11 Å². The number of amides is 1.